The third-order valence-corrected chi connectivity index (χ3v) is 4.84. The molecule has 1 atom stereocenters. The van der Waals surface area contributed by atoms with Gasteiger partial charge in [0.25, 0.3) is 0 Å². The van der Waals surface area contributed by atoms with Crippen LogP contribution in [0.25, 0.3) is 5.70 Å². The Morgan fingerprint density at radius 2 is 2.09 bits per heavy atom. The Morgan fingerprint density at radius 3 is 2.73 bits per heavy atom. The van der Waals surface area contributed by atoms with Gasteiger partial charge in [-0.3, -0.25) is 0 Å². The van der Waals surface area contributed by atoms with Gasteiger partial charge in [-0.15, -0.1) is 0 Å². The van der Waals surface area contributed by atoms with Crippen molar-refractivity contribution in [1.29, 1.82) is 0 Å². The Balaban J connectivity index is 2.12. The molecule has 0 saturated carbocycles. The van der Waals surface area contributed by atoms with Crippen molar-refractivity contribution in [2.45, 2.75) is 46.1 Å². The molecule has 2 aliphatic rings. The quantitative estimate of drug-likeness (QED) is 0.734. The van der Waals surface area contributed by atoms with Gasteiger partial charge in [0.2, 0.25) is 0 Å². The number of hydrogen-bond acceptors (Lipinski definition) is 1. The number of nitrogens with zero attached hydrogens (tertiary/aromatic N) is 1. The minimum absolute atomic E-state index is 0.522. The predicted octanol–water partition coefficient (Wildman–Crippen LogP) is 5.26. The largest absolute Gasteiger partial charge is 0.343 e. The van der Waals surface area contributed by atoms with E-state index < -0.39 is 0 Å². The van der Waals surface area contributed by atoms with Gasteiger partial charge in [0.05, 0.1) is 0 Å². The molecular formula is C21H25N. The van der Waals surface area contributed by atoms with E-state index in [1.54, 1.807) is 0 Å². The van der Waals surface area contributed by atoms with Gasteiger partial charge in [-0.25, -0.2) is 0 Å². The summed E-state index contributed by atoms with van der Waals surface area (Å²) in [5.74, 6) is 0. The highest BCUT2D eigenvalue weighted by molar-refractivity contribution is 5.76. The van der Waals surface area contributed by atoms with E-state index >= 15 is 0 Å². The lowest BCUT2D eigenvalue weighted by Gasteiger charge is -2.41. The van der Waals surface area contributed by atoms with Crippen LogP contribution in [0.1, 0.15) is 43.9 Å². The lowest BCUT2D eigenvalue weighted by atomic mass is 9.85. The minimum atomic E-state index is 0.522. The molecule has 0 N–H and O–H groups in total. The normalized spacial score (nSPS) is 20.0. The fourth-order valence-electron chi connectivity index (χ4n) is 3.49. The van der Waals surface area contributed by atoms with E-state index in [0.717, 1.165) is 30.4 Å². The number of rotatable bonds is 3. The van der Waals surface area contributed by atoms with Crippen LogP contribution in [0.15, 0.2) is 60.4 Å². The Labute approximate surface area is 134 Å². The van der Waals surface area contributed by atoms with Crippen molar-refractivity contribution in [3.8, 4) is 0 Å². The van der Waals surface area contributed by atoms with Crippen molar-refractivity contribution >= 4 is 5.70 Å². The van der Waals surface area contributed by atoms with Crippen molar-refractivity contribution < 1.29 is 0 Å². The summed E-state index contributed by atoms with van der Waals surface area (Å²) in [6.07, 6.45) is 7.84. The molecule has 22 heavy (non-hydrogen) atoms. The molecule has 0 bridgehead atoms. The first-order chi connectivity index (χ1) is 10.5. The summed E-state index contributed by atoms with van der Waals surface area (Å²) < 4.78 is 0. The van der Waals surface area contributed by atoms with E-state index in [2.05, 4.69) is 69.3 Å². The number of aryl methyl sites for hydroxylation is 1. The molecule has 1 heteroatoms. The molecule has 0 saturated heterocycles. The van der Waals surface area contributed by atoms with E-state index in [1.165, 1.54) is 28.0 Å². The average Bonchev–Trinajstić information content (AvgIpc) is 2.52. The smallest absolute Gasteiger partial charge is 0.0491 e. The maximum atomic E-state index is 4.23. The van der Waals surface area contributed by atoms with Crippen LogP contribution in [0.4, 0.5) is 0 Å². The first kappa shape index (κ1) is 14.9. The van der Waals surface area contributed by atoms with E-state index in [-0.39, 0.29) is 0 Å². The molecule has 0 radical (unpaired) electrons. The topological polar surface area (TPSA) is 3.24 Å². The summed E-state index contributed by atoms with van der Waals surface area (Å²) in [7, 11) is 0. The van der Waals surface area contributed by atoms with Crippen molar-refractivity contribution in [1.82, 2.24) is 4.90 Å². The van der Waals surface area contributed by atoms with Gasteiger partial charge in [-0.1, -0.05) is 45.2 Å². The molecule has 114 valence electrons. The molecule has 0 spiro atoms. The number of allylic oxidation sites excluding steroid dienone is 4. The minimum Gasteiger partial charge on any atom is -0.343 e. The SMILES string of the molecule is C=C(C)C1=CN2C(=CC1=C)c1ccc(CC)cc1CC2CC. The molecule has 2 aliphatic heterocycles. The van der Waals surface area contributed by atoms with Gasteiger partial charge in [0, 0.05) is 23.5 Å². The van der Waals surface area contributed by atoms with Gasteiger partial charge in [-0.05, 0) is 60.1 Å². The molecule has 0 aliphatic carbocycles. The van der Waals surface area contributed by atoms with Gasteiger partial charge in [0.1, 0.15) is 0 Å². The van der Waals surface area contributed by atoms with Crippen molar-refractivity contribution in [2.75, 3.05) is 0 Å². The van der Waals surface area contributed by atoms with Gasteiger partial charge >= 0.3 is 0 Å². The molecule has 0 aromatic heterocycles. The van der Waals surface area contributed by atoms with Crippen LogP contribution in [0.2, 0.25) is 0 Å². The molecule has 1 nitrogen and oxygen atoms in total. The average molecular weight is 291 g/mol. The first-order valence-corrected chi connectivity index (χ1v) is 8.24. The molecule has 0 fully saturated rings. The van der Waals surface area contributed by atoms with E-state index in [9.17, 15) is 0 Å². The van der Waals surface area contributed by atoms with Crippen LogP contribution < -0.4 is 0 Å². The van der Waals surface area contributed by atoms with E-state index in [4.69, 9.17) is 0 Å². The zero-order chi connectivity index (χ0) is 15.9. The van der Waals surface area contributed by atoms with Crippen LogP contribution >= 0.6 is 0 Å². The second-order valence-corrected chi connectivity index (χ2v) is 6.40. The van der Waals surface area contributed by atoms with E-state index in [1.807, 2.05) is 0 Å². The highest BCUT2D eigenvalue weighted by atomic mass is 15.2. The first-order valence-electron chi connectivity index (χ1n) is 8.24. The molecule has 1 unspecified atom stereocenters. The summed E-state index contributed by atoms with van der Waals surface area (Å²) in [6, 6.07) is 7.45. The molecule has 1 aromatic rings. The Morgan fingerprint density at radius 1 is 1.32 bits per heavy atom. The Bertz CT molecular complexity index is 703. The Hall–Kier alpha value is -2.02. The molecule has 1 aromatic carbocycles. The fraction of sp³-hybridized carbons (Fsp3) is 0.333. The molecule has 3 rings (SSSR count). The predicted molar refractivity (Wildman–Crippen MR) is 95.5 cm³/mol. The highest BCUT2D eigenvalue weighted by Crippen LogP contribution is 2.39. The summed E-state index contributed by atoms with van der Waals surface area (Å²) in [5, 5.41) is 0. The van der Waals surface area contributed by atoms with Crippen LogP contribution in [0, 0.1) is 0 Å². The lowest BCUT2D eigenvalue weighted by Crippen LogP contribution is -2.37. The maximum Gasteiger partial charge on any atom is 0.0491 e. The standard InChI is InChI=1S/C21H25N/c1-6-16-8-9-19-17(11-16)12-18(7-2)22-13-20(14(3)4)15(5)10-21(19)22/h8-11,13,18H,3,5-7,12H2,1-2,4H3. The maximum absolute atomic E-state index is 4.23. The van der Waals surface area contributed by atoms with Crippen molar-refractivity contribution in [3.63, 3.8) is 0 Å². The van der Waals surface area contributed by atoms with Crippen LogP contribution in [-0.4, -0.2) is 10.9 Å². The van der Waals surface area contributed by atoms with Crippen molar-refractivity contribution in [3.05, 3.63) is 77.0 Å². The monoisotopic (exact) mass is 291 g/mol. The number of fused-ring (bicyclic) bond motifs is 3. The number of hydrogen-bond donors (Lipinski definition) is 0. The zero-order valence-corrected chi connectivity index (χ0v) is 13.9. The highest BCUT2D eigenvalue weighted by Gasteiger charge is 2.30. The lowest BCUT2D eigenvalue weighted by molar-refractivity contribution is 0.352. The molecule has 2 heterocycles. The summed E-state index contributed by atoms with van der Waals surface area (Å²) in [4.78, 5) is 2.44. The van der Waals surface area contributed by atoms with Crippen LogP contribution in [-0.2, 0) is 12.8 Å². The van der Waals surface area contributed by atoms with E-state index in [0.29, 0.717) is 6.04 Å². The summed E-state index contributed by atoms with van der Waals surface area (Å²) in [5.41, 5.74) is 8.90. The fourth-order valence-corrected chi connectivity index (χ4v) is 3.49. The zero-order valence-electron chi connectivity index (χ0n) is 13.9. The van der Waals surface area contributed by atoms with Gasteiger partial charge in [0.15, 0.2) is 0 Å². The summed E-state index contributed by atoms with van der Waals surface area (Å²) >= 11 is 0. The van der Waals surface area contributed by atoms with Gasteiger partial charge in [-0.2, -0.15) is 0 Å². The third-order valence-electron chi connectivity index (χ3n) is 4.84. The molecular weight excluding hydrogens is 266 g/mol. The third kappa shape index (κ3) is 2.35. The molecule has 0 amide bonds. The van der Waals surface area contributed by atoms with Crippen LogP contribution in [0.5, 0.6) is 0 Å². The number of benzene rings is 1. The summed E-state index contributed by atoms with van der Waals surface area (Å²) in [6.45, 7) is 14.9. The Kier molecular flexibility index (Phi) is 3.82. The van der Waals surface area contributed by atoms with Gasteiger partial charge < -0.3 is 4.90 Å². The van der Waals surface area contributed by atoms with Crippen LogP contribution in [0.3, 0.4) is 0 Å². The second-order valence-electron chi connectivity index (χ2n) is 6.40. The van der Waals surface area contributed by atoms with Crippen molar-refractivity contribution in [2.24, 2.45) is 0 Å². The second kappa shape index (κ2) is 5.64.